The summed E-state index contributed by atoms with van der Waals surface area (Å²) in [6.07, 6.45) is 13.2. The van der Waals surface area contributed by atoms with E-state index in [1.54, 1.807) is 6.92 Å². The molecule has 2 aliphatic heterocycles. The van der Waals surface area contributed by atoms with E-state index in [9.17, 15) is 19.2 Å². The lowest BCUT2D eigenvalue weighted by Gasteiger charge is -2.56. The quantitative estimate of drug-likeness (QED) is 0.0466. The van der Waals surface area contributed by atoms with Gasteiger partial charge in [-0.1, -0.05) is 127 Å². The number of imide groups is 1. The zero-order valence-corrected chi connectivity index (χ0v) is 34.1. The van der Waals surface area contributed by atoms with Crippen LogP contribution in [-0.2, 0) is 39.1 Å². The Morgan fingerprint density at radius 2 is 1.60 bits per heavy atom. The molecular weight excluding hydrogens is 675 g/mol. The van der Waals surface area contributed by atoms with E-state index in [0.717, 1.165) is 23.0 Å². The first-order valence-corrected chi connectivity index (χ1v) is 20.3. The van der Waals surface area contributed by atoms with Crippen LogP contribution >= 0.6 is 0 Å². The number of cyclic esters (lactones) is 1. The number of nitrogens with zero attached hydrogens (tertiary/aromatic N) is 1. The first kappa shape index (κ1) is 42.8. The van der Waals surface area contributed by atoms with Gasteiger partial charge < -0.3 is 18.3 Å². The number of aldehydes is 1. The van der Waals surface area contributed by atoms with Crippen LogP contribution in [0.15, 0.2) is 77.9 Å². The molecule has 2 amide bonds. The number of hydrogen-bond donors (Lipinski definition) is 0. The molecule has 52 heavy (non-hydrogen) atoms. The Balaban J connectivity index is 1.67. The summed E-state index contributed by atoms with van der Waals surface area (Å²) in [6.45, 7) is 22.4. The SMILES string of the molecule is CC(=O)O[C@H](CC/C(C)=C/C/C=C(C)/C=C/[C@@H]1O[Si](C(C)(C)C)(C(C)(C)C)O[C@H](/C=C/C=O)[C@@H]1C)[C@H](C)C(=O)N1C(=O)OC[C@@H]1Cc1ccccc1. The van der Waals surface area contributed by atoms with Crippen LogP contribution in [0.3, 0.4) is 0 Å². The minimum absolute atomic E-state index is 0.0121. The largest absolute Gasteiger partial charge is 0.462 e. The third-order valence-corrected chi connectivity index (χ3v) is 15.2. The van der Waals surface area contributed by atoms with Crippen LogP contribution in [-0.4, -0.2) is 68.7 Å². The molecule has 6 atom stereocenters. The van der Waals surface area contributed by atoms with Gasteiger partial charge in [0.2, 0.25) is 5.91 Å². The molecule has 2 aliphatic rings. The molecule has 2 heterocycles. The van der Waals surface area contributed by atoms with Gasteiger partial charge >= 0.3 is 20.6 Å². The normalized spacial score (nSPS) is 24.2. The van der Waals surface area contributed by atoms with Crippen molar-refractivity contribution in [1.82, 2.24) is 4.90 Å². The second-order valence-electron chi connectivity index (χ2n) is 16.4. The summed E-state index contributed by atoms with van der Waals surface area (Å²) in [6, 6.07) is 9.25. The van der Waals surface area contributed by atoms with Crippen molar-refractivity contribution >= 4 is 32.8 Å². The molecule has 0 spiro atoms. The molecular formula is C42H61NO8Si. The molecule has 0 N–H and O–H groups in total. The highest BCUT2D eigenvalue weighted by Gasteiger charge is 2.62. The summed E-state index contributed by atoms with van der Waals surface area (Å²) in [7, 11) is -2.82. The summed E-state index contributed by atoms with van der Waals surface area (Å²) in [4.78, 5) is 50.8. The molecule has 286 valence electrons. The van der Waals surface area contributed by atoms with E-state index in [1.165, 1.54) is 17.9 Å². The van der Waals surface area contributed by atoms with E-state index in [1.807, 2.05) is 43.3 Å². The molecule has 0 aromatic heterocycles. The molecule has 9 nitrogen and oxygen atoms in total. The zero-order valence-electron chi connectivity index (χ0n) is 33.1. The molecule has 10 heteroatoms. The Morgan fingerprint density at radius 3 is 2.17 bits per heavy atom. The van der Waals surface area contributed by atoms with Crippen LogP contribution in [0.5, 0.6) is 0 Å². The molecule has 0 radical (unpaired) electrons. The molecule has 0 aliphatic carbocycles. The van der Waals surface area contributed by atoms with Crippen molar-refractivity contribution in [2.24, 2.45) is 11.8 Å². The molecule has 3 rings (SSSR count). The smallest absolute Gasteiger partial charge is 0.416 e. The summed E-state index contributed by atoms with van der Waals surface area (Å²) >= 11 is 0. The van der Waals surface area contributed by atoms with E-state index < -0.39 is 44.6 Å². The van der Waals surface area contributed by atoms with E-state index in [2.05, 4.69) is 79.7 Å². The van der Waals surface area contributed by atoms with Crippen LogP contribution in [0, 0.1) is 11.8 Å². The average molecular weight is 736 g/mol. The number of allylic oxidation sites excluding steroid dienone is 6. The molecule has 0 bridgehead atoms. The Morgan fingerprint density at radius 1 is 0.981 bits per heavy atom. The minimum atomic E-state index is -2.82. The standard InChI is InChI=1S/C42H61NO8Si/c1-29(22-24-36(49-33(5)45)32(4)39(46)43-35(28-48-40(43)47)27-34-19-13-12-14-20-34)17-15-18-30(2)23-25-38-31(3)37(21-16-26-44)50-52(51-38,41(6,7)8)42(9,10)11/h12-14,16-21,23,25-26,31-32,35-38H,15,22,24,27-28H2,1-11H3/b21-16+,25-23+,29-17+,30-18+/t31-,32-,35-,36+,37+,38-/m0/s1. The highest BCUT2D eigenvalue weighted by molar-refractivity contribution is 6.73. The summed E-state index contributed by atoms with van der Waals surface area (Å²) in [5, 5.41) is -0.412. The Hall–Kier alpha value is -3.60. The molecule has 1 aromatic rings. The van der Waals surface area contributed by atoms with Gasteiger partial charge in [-0.25, -0.2) is 9.69 Å². The minimum Gasteiger partial charge on any atom is -0.462 e. The fourth-order valence-corrected chi connectivity index (χ4v) is 12.3. The zero-order chi connectivity index (χ0) is 38.9. The number of esters is 1. The van der Waals surface area contributed by atoms with Crippen molar-refractivity contribution in [1.29, 1.82) is 0 Å². The highest BCUT2D eigenvalue weighted by Crippen LogP contribution is 2.56. The van der Waals surface area contributed by atoms with E-state index in [4.69, 9.17) is 18.3 Å². The van der Waals surface area contributed by atoms with Crippen LogP contribution in [0.1, 0.15) is 101 Å². The average Bonchev–Trinajstić information content (AvgIpc) is 3.43. The van der Waals surface area contributed by atoms with Gasteiger partial charge in [0.25, 0.3) is 0 Å². The van der Waals surface area contributed by atoms with E-state index in [-0.39, 0.29) is 34.8 Å². The Kier molecular flexibility index (Phi) is 15.2. The lowest BCUT2D eigenvalue weighted by molar-refractivity contribution is -0.153. The van der Waals surface area contributed by atoms with E-state index in [0.29, 0.717) is 25.7 Å². The number of carbonyl (C=O) groups is 4. The molecule has 2 fully saturated rings. The number of carbonyl (C=O) groups excluding carboxylic acids is 4. The van der Waals surface area contributed by atoms with Gasteiger partial charge in [-0.15, -0.1) is 0 Å². The van der Waals surface area contributed by atoms with Crippen LogP contribution in [0.2, 0.25) is 10.1 Å². The fraction of sp³-hybridized carbons (Fsp3) is 0.571. The van der Waals surface area contributed by atoms with Gasteiger partial charge in [-0.2, -0.15) is 0 Å². The van der Waals surface area contributed by atoms with Crippen molar-refractivity contribution < 1.29 is 37.5 Å². The number of benzene rings is 1. The van der Waals surface area contributed by atoms with Crippen LogP contribution < -0.4 is 0 Å². The van der Waals surface area contributed by atoms with Gasteiger partial charge in [0.05, 0.1) is 24.2 Å². The second kappa shape index (κ2) is 18.4. The van der Waals surface area contributed by atoms with Gasteiger partial charge in [0, 0.05) is 22.9 Å². The predicted octanol–water partition coefficient (Wildman–Crippen LogP) is 8.98. The Bertz CT molecular complexity index is 1500. The third kappa shape index (κ3) is 11.0. The maximum Gasteiger partial charge on any atom is 0.416 e. The number of ether oxygens (including phenoxy) is 2. The lowest BCUT2D eigenvalue weighted by atomic mass is 9.95. The third-order valence-electron chi connectivity index (χ3n) is 10.0. The predicted molar refractivity (Wildman–Crippen MR) is 207 cm³/mol. The summed E-state index contributed by atoms with van der Waals surface area (Å²) in [5.41, 5.74) is 3.19. The van der Waals surface area contributed by atoms with Crippen molar-refractivity contribution in [2.45, 2.75) is 136 Å². The second-order valence-corrected chi connectivity index (χ2v) is 21.1. The first-order chi connectivity index (χ1) is 24.3. The fourth-order valence-electron chi connectivity index (χ4n) is 7.23. The maximum atomic E-state index is 13.6. The maximum absolute atomic E-state index is 13.6. The highest BCUT2D eigenvalue weighted by atomic mass is 28.4. The molecule has 0 saturated carbocycles. The van der Waals surface area contributed by atoms with Crippen LogP contribution in [0.4, 0.5) is 4.79 Å². The van der Waals surface area contributed by atoms with Crippen molar-refractivity contribution in [2.75, 3.05) is 6.61 Å². The lowest BCUT2D eigenvalue weighted by Crippen LogP contribution is -2.65. The van der Waals surface area contributed by atoms with Crippen molar-refractivity contribution in [3.05, 3.63) is 83.5 Å². The first-order valence-electron chi connectivity index (χ1n) is 18.5. The van der Waals surface area contributed by atoms with E-state index >= 15 is 0 Å². The summed E-state index contributed by atoms with van der Waals surface area (Å²) in [5.74, 6) is -1.59. The van der Waals surface area contributed by atoms with Crippen molar-refractivity contribution in [3.8, 4) is 0 Å². The topological polar surface area (TPSA) is 108 Å². The molecule has 0 unspecified atom stereocenters. The van der Waals surface area contributed by atoms with Crippen LogP contribution in [0.25, 0.3) is 0 Å². The molecule has 2 saturated heterocycles. The number of hydrogen-bond acceptors (Lipinski definition) is 8. The molecule has 1 aromatic carbocycles. The van der Waals surface area contributed by atoms with Gasteiger partial charge in [-0.05, 0) is 51.2 Å². The monoisotopic (exact) mass is 735 g/mol. The van der Waals surface area contributed by atoms with Crippen molar-refractivity contribution in [3.63, 3.8) is 0 Å². The summed E-state index contributed by atoms with van der Waals surface area (Å²) < 4.78 is 24.7. The Labute approximate surface area is 312 Å². The van der Waals surface area contributed by atoms with Gasteiger partial charge in [0.15, 0.2) is 0 Å². The van der Waals surface area contributed by atoms with Gasteiger partial charge in [0.1, 0.15) is 19.0 Å². The van der Waals surface area contributed by atoms with Gasteiger partial charge in [-0.3, -0.25) is 14.4 Å². The number of amides is 2. The number of rotatable bonds is 14.